The Labute approximate surface area is 98.0 Å². The zero-order chi connectivity index (χ0) is 11.6. The van der Waals surface area contributed by atoms with E-state index in [0.717, 1.165) is 32.7 Å². The van der Waals surface area contributed by atoms with Crippen molar-refractivity contribution in [3.05, 3.63) is 0 Å². The molecular weight excluding hydrogens is 205 g/mol. The minimum Gasteiger partial charge on any atom is -0.344 e. The number of alkyl halides is 1. The Balaban J connectivity index is 1.70. The highest BCUT2D eigenvalue weighted by Crippen LogP contribution is 2.27. The van der Waals surface area contributed by atoms with Crippen molar-refractivity contribution in [1.29, 1.82) is 0 Å². The van der Waals surface area contributed by atoms with Gasteiger partial charge < -0.3 is 5.32 Å². The van der Waals surface area contributed by atoms with Gasteiger partial charge in [-0.05, 0) is 5.92 Å². The van der Waals surface area contributed by atoms with Gasteiger partial charge in [-0.25, -0.2) is 4.39 Å². The highest BCUT2D eigenvalue weighted by atomic mass is 19.1. The van der Waals surface area contributed by atoms with E-state index in [4.69, 9.17) is 0 Å². The second kappa shape index (κ2) is 4.98. The number of hydrogen-bond acceptors (Lipinski definition) is 2. The molecule has 2 rings (SSSR count). The molecule has 2 fully saturated rings. The van der Waals surface area contributed by atoms with E-state index in [1.54, 1.807) is 0 Å². The maximum atomic E-state index is 14.3. The number of rotatable bonds is 4. The minimum absolute atomic E-state index is 0.644. The molecule has 0 aliphatic carbocycles. The average Bonchev–Trinajstić information content (AvgIpc) is 2.16. The van der Waals surface area contributed by atoms with Crippen molar-refractivity contribution in [1.82, 2.24) is 9.80 Å². The van der Waals surface area contributed by atoms with Crippen LogP contribution in [0, 0.1) is 5.92 Å². The Kier molecular flexibility index (Phi) is 3.82. The topological polar surface area (TPSA) is 23.1 Å². The van der Waals surface area contributed by atoms with Crippen molar-refractivity contribution in [3.63, 3.8) is 0 Å². The maximum absolute atomic E-state index is 14.3. The van der Waals surface area contributed by atoms with Crippen molar-refractivity contribution < 1.29 is 9.71 Å². The summed E-state index contributed by atoms with van der Waals surface area (Å²) in [4.78, 5) is 4.52. The predicted molar refractivity (Wildman–Crippen MR) is 63.2 cm³/mol. The minimum atomic E-state index is -0.924. The van der Waals surface area contributed by atoms with Crippen LogP contribution in [-0.2, 0) is 0 Å². The van der Waals surface area contributed by atoms with Gasteiger partial charge in [0.1, 0.15) is 5.67 Å². The molecule has 0 amide bonds. The number of likely N-dealkylation sites (tertiary alicyclic amines) is 1. The van der Waals surface area contributed by atoms with E-state index < -0.39 is 5.67 Å². The molecule has 0 spiro atoms. The van der Waals surface area contributed by atoms with E-state index in [0.29, 0.717) is 25.6 Å². The summed E-state index contributed by atoms with van der Waals surface area (Å²) in [5, 5.41) is 2.31. The lowest BCUT2D eigenvalue weighted by Gasteiger charge is -2.47. The summed E-state index contributed by atoms with van der Waals surface area (Å²) < 4.78 is 14.3. The molecule has 0 aromatic rings. The van der Waals surface area contributed by atoms with Crippen molar-refractivity contribution in [2.75, 3.05) is 52.4 Å². The van der Waals surface area contributed by atoms with E-state index in [1.807, 2.05) is 0 Å². The molecule has 2 saturated heterocycles. The van der Waals surface area contributed by atoms with Crippen molar-refractivity contribution in [2.24, 2.45) is 5.92 Å². The summed E-state index contributed by atoms with van der Waals surface area (Å²) in [6.07, 6.45) is 0. The Morgan fingerprint density at radius 1 is 1.19 bits per heavy atom. The maximum Gasteiger partial charge on any atom is 0.148 e. The molecule has 0 atom stereocenters. The van der Waals surface area contributed by atoms with Gasteiger partial charge in [-0.2, -0.15) is 0 Å². The van der Waals surface area contributed by atoms with Gasteiger partial charge in [0, 0.05) is 39.3 Å². The van der Waals surface area contributed by atoms with Gasteiger partial charge in [-0.15, -0.1) is 0 Å². The van der Waals surface area contributed by atoms with Crippen LogP contribution in [0.2, 0.25) is 0 Å². The highest BCUT2D eigenvalue weighted by Gasteiger charge is 2.44. The SMILES string of the molecule is CC(C)CN1CC(F)(CN2CC[NH2+]CC2)C1. The average molecular weight is 230 g/mol. The van der Waals surface area contributed by atoms with E-state index in [9.17, 15) is 4.39 Å². The van der Waals surface area contributed by atoms with Crippen LogP contribution in [0.3, 0.4) is 0 Å². The van der Waals surface area contributed by atoms with Gasteiger partial charge in [0.05, 0.1) is 13.1 Å². The third kappa shape index (κ3) is 3.15. The Morgan fingerprint density at radius 2 is 1.81 bits per heavy atom. The van der Waals surface area contributed by atoms with Crippen LogP contribution < -0.4 is 5.32 Å². The first-order valence-corrected chi connectivity index (χ1v) is 6.53. The van der Waals surface area contributed by atoms with E-state index >= 15 is 0 Å². The van der Waals surface area contributed by atoms with E-state index in [1.165, 1.54) is 0 Å². The Morgan fingerprint density at radius 3 is 2.38 bits per heavy atom. The largest absolute Gasteiger partial charge is 0.344 e. The van der Waals surface area contributed by atoms with Crippen LogP contribution >= 0.6 is 0 Å². The summed E-state index contributed by atoms with van der Waals surface area (Å²) in [5.41, 5.74) is -0.924. The van der Waals surface area contributed by atoms with Gasteiger partial charge in [0.2, 0.25) is 0 Å². The number of hydrogen-bond donors (Lipinski definition) is 1. The second-order valence-corrected chi connectivity index (χ2v) is 5.86. The zero-order valence-corrected chi connectivity index (χ0v) is 10.6. The molecule has 2 aliphatic rings. The quantitative estimate of drug-likeness (QED) is 0.707. The number of halogens is 1. The fourth-order valence-corrected chi connectivity index (χ4v) is 2.86. The molecule has 0 aromatic heterocycles. The number of nitrogens with zero attached hydrogens (tertiary/aromatic N) is 2. The predicted octanol–water partition coefficient (Wildman–Crippen LogP) is -0.455. The summed E-state index contributed by atoms with van der Waals surface area (Å²) >= 11 is 0. The molecule has 16 heavy (non-hydrogen) atoms. The molecule has 2 aliphatic heterocycles. The highest BCUT2D eigenvalue weighted by molar-refractivity contribution is 4.98. The number of nitrogens with two attached hydrogens (primary N) is 1. The van der Waals surface area contributed by atoms with Crippen LogP contribution in [-0.4, -0.2) is 67.8 Å². The first-order valence-electron chi connectivity index (χ1n) is 6.53. The first-order chi connectivity index (χ1) is 7.57. The second-order valence-electron chi connectivity index (χ2n) is 5.86. The molecule has 2 N–H and O–H groups in total. The van der Waals surface area contributed by atoms with E-state index in [2.05, 4.69) is 29.0 Å². The zero-order valence-electron chi connectivity index (χ0n) is 10.6. The van der Waals surface area contributed by atoms with Crippen LogP contribution in [0.4, 0.5) is 4.39 Å². The van der Waals surface area contributed by atoms with Gasteiger partial charge >= 0.3 is 0 Å². The van der Waals surface area contributed by atoms with Gasteiger partial charge in [-0.3, -0.25) is 9.80 Å². The molecule has 0 unspecified atom stereocenters. The molecule has 0 aromatic carbocycles. The third-order valence-electron chi connectivity index (χ3n) is 3.44. The lowest BCUT2D eigenvalue weighted by atomic mass is 9.94. The van der Waals surface area contributed by atoms with Crippen molar-refractivity contribution in [2.45, 2.75) is 19.5 Å². The molecule has 94 valence electrons. The fourth-order valence-electron chi connectivity index (χ4n) is 2.86. The smallest absolute Gasteiger partial charge is 0.148 e. The lowest BCUT2D eigenvalue weighted by molar-refractivity contribution is -0.663. The van der Waals surface area contributed by atoms with Crippen LogP contribution in [0.5, 0.6) is 0 Å². The van der Waals surface area contributed by atoms with Gasteiger partial charge in [0.15, 0.2) is 0 Å². The third-order valence-corrected chi connectivity index (χ3v) is 3.44. The molecule has 2 heterocycles. The van der Waals surface area contributed by atoms with Crippen LogP contribution in [0.15, 0.2) is 0 Å². The number of quaternary nitrogens is 1. The van der Waals surface area contributed by atoms with E-state index in [-0.39, 0.29) is 0 Å². The molecular formula is C12H25FN3+. The summed E-state index contributed by atoms with van der Waals surface area (Å²) in [5.74, 6) is 0.647. The Hall–Kier alpha value is -0.190. The monoisotopic (exact) mass is 230 g/mol. The lowest BCUT2D eigenvalue weighted by Crippen LogP contribution is -2.90. The van der Waals surface area contributed by atoms with Crippen LogP contribution in [0.1, 0.15) is 13.8 Å². The van der Waals surface area contributed by atoms with Gasteiger partial charge in [0.25, 0.3) is 0 Å². The van der Waals surface area contributed by atoms with Crippen LogP contribution in [0.25, 0.3) is 0 Å². The molecule has 0 radical (unpaired) electrons. The van der Waals surface area contributed by atoms with Gasteiger partial charge in [-0.1, -0.05) is 13.8 Å². The summed E-state index contributed by atoms with van der Waals surface area (Å²) in [7, 11) is 0. The molecule has 3 nitrogen and oxygen atoms in total. The summed E-state index contributed by atoms with van der Waals surface area (Å²) in [6.45, 7) is 11.7. The number of piperazine rings is 1. The van der Waals surface area contributed by atoms with Crippen molar-refractivity contribution >= 4 is 0 Å². The normalized spacial score (nSPS) is 27.0. The fraction of sp³-hybridized carbons (Fsp3) is 1.00. The first kappa shape index (κ1) is 12.3. The summed E-state index contributed by atoms with van der Waals surface area (Å²) in [6, 6.07) is 0. The molecule has 0 saturated carbocycles. The Bertz CT molecular complexity index is 220. The van der Waals surface area contributed by atoms with Crippen molar-refractivity contribution in [3.8, 4) is 0 Å². The standard InChI is InChI=1S/C12H24FN3/c1-11(2)7-16-9-12(13,10-16)8-15-5-3-14-4-6-15/h11,14H,3-10H2,1-2H3/p+1. The molecule has 4 heteroatoms. The molecule has 0 bridgehead atoms.